The molecule has 12 heteroatoms. The number of carbonyl (C=O) groups is 1. The number of methoxy groups -OCH3 is 2. The summed E-state index contributed by atoms with van der Waals surface area (Å²) >= 11 is 0. The van der Waals surface area contributed by atoms with Crippen molar-refractivity contribution in [3.63, 3.8) is 0 Å². The number of rotatable bonds is 12. The molecule has 1 atom stereocenters. The van der Waals surface area contributed by atoms with Gasteiger partial charge in [0, 0.05) is 26.1 Å². The lowest BCUT2D eigenvalue weighted by atomic mass is 10.1. The Morgan fingerprint density at radius 3 is 2.47 bits per heavy atom. The van der Waals surface area contributed by atoms with E-state index in [0.29, 0.717) is 30.8 Å². The van der Waals surface area contributed by atoms with E-state index in [1.54, 1.807) is 32.2 Å². The van der Waals surface area contributed by atoms with Crippen molar-refractivity contribution in [2.45, 2.75) is 25.6 Å². The number of hydrogen-bond acceptors (Lipinski definition) is 7. The van der Waals surface area contributed by atoms with Crippen molar-refractivity contribution in [1.82, 2.24) is 5.32 Å². The van der Waals surface area contributed by atoms with Crippen LogP contribution in [0.15, 0.2) is 36.4 Å². The third kappa shape index (κ3) is 7.51. The van der Waals surface area contributed by atoms with E-state index in [2.05, 4.69) is 10.6 Å². The SMILES string of the molecule is COCCOc1ccc(C(C)NC(=O)CCNc2ccc(C(F)(F)F)cc2[N+](=O)[O-])cc1OC. The maximum absolute atomic E-state index is 12.8. The normalized spacial score (nSPS) is 12.1. The first-order chi connectivity index (χ1) is 16.1. The zero-order chi connectivity index (χ0) is 25.3. The molecule has 2 aromatic rings. The van der Waals surface area contributed by atoms with Crippen molar-refractivity contribution < 1.29 is 37.1 Å². The average Bonchev–Trinajstić information content (AvgIpc) is 2.78. The second-order valence-electron chi connectivity index (χ2n) is 7.20. The van der Waals surface area contributed by atoms with Gasteiger partial charge in [-0.25, -0.2) is 0 Å². The molecule has 0 saturated heterocycles. The van der Waals surface area contributed by atoms with Gasteiger partial charge < -0.3 is 24.8 Å². The second-order valence-corrected chi connectivity index (χ2v) is 7.20. The molecule has 1 unspecified atom stereocenters. The van der Waals surface area contributed by atoms with Gasteiger partial charge in [-0.1, -0.05) is 6.07 Å². The first-order valence-corrected chi connectivity index (χ1v) is 10.2. The third-order valence-corrected chi connectivity index (χ3v) is 4.80. The number of halogens is 3. The van der Waals surface area contributed by atoms with Gasteiger partial charge in [0.25, 0.3) is 5.69 Å². The lowest BCUT2D eigenvalue weighted by Gasteiger charge is -2.17. The van der Waals surface area contributed by atoms with E-state index in [4.69, 9.17) is 14.2 Å². The van der Waals surface area contributed by atoms with Gasteiger partial charge in [-0.3, -0.25) is 14.9 Å². The Balaban J connectivity index is 1.95. The summed E-state index contributed by atoms with van der Waals surface area (Å²) in [5.41, 5.74) is -1.19. The fraction of sp³-hybridized carbons (Fsp3) is 0.409. The molecule has 186 valence electrons. The molecule has 0 aliphatic carbocycles. The highest BCUT2D eigenvalue weighted by Gasteiger charge is 2.33. The molecule has 0 spiro atoms. The number of ether oxygens (including phenoxy) is 3. The largest absolute Gasteiger partial charge is 0.493 e. The summed E-state index contributed by atoms with van der Waals surface area (Å²) in [6.45, 7) is 2.52. The van der Waals surface area contributed by atoms with Gasteiger partial charge in [0.1, 0.15) is 12.3 Å². The molecule has 9 nitrogen and oxygen atoms in total. The maximum Gasteiger partial charge on any atom is 0.416 e. The quantitative estimate of drug-likeness (QED) is 0.262. The Morgan fingerprint density at radius 1 is 1.12 bits per heavy atom. The summed E-state index contributed by atoms with van der Waals surface area (Å²) in [7, 11) is 3.06. The van der Waals surface area contributed by atoms with E-state index in [1.807, 2.05) is 0 Å². The van der Waals surface area contributed by atoms with Crippen LogP contribution in [0.3, 0.4) is 0 Å². The van der Waals surface area contributed by atoms with Crippen molar-refractivity contribution in [2.75, 3.05) is 39.3 Å². The number of nitrogens with zero attached hydrogens (tertiary/aromatic N) is 1. The molecular weight excluding hydrogens is 459 g/mol. The van der Waals surface area contributed by atoms with E-state index >= 15 is 0 Å². The third-order valence-electron chi connectivity index (χ3n) is 4.80. The minimum absolute atomic E-state index is 0.0135. The number of anilines is 1. The fourth-order valence-electron chi connectivity index (χ4n) is 3.02. The van der Waals surface area contributed by atoms with Crippen LogP contribution in [-0.2, 0) is 15.7 Å². The van der Waals surface area contributed by atoms with E-state index in [-0.39, 0.29) is 30.6 Å². The number of hydrogen-bond donors (Lipinski definition) is 2. The van der Waals surface area contributed by atoms with Crippen LogP contribution in [0.25, 0.3) is 0 Å². The summed E-state index contributed by atoms with van der Waals surface area (Å²) in [6.07, 6.45) is -4.76. The molecule has 0 radical (unpaired) electrons. The number of benzene rings is 2. The topological polar surface area (TPSA) is 112 Å². The zero-order valence-corrected chi connectivity index (χ0v) is 18.9. The molecule has 0 heterocycles. The number of nitrogens with one attached hydrogen (secondary N) is 2. The van der Waals surface area contributed by atoms with Crippen molar-refractivity contribution >= 4 is 17.3 Å². The molecule has 1 amide bonds. The highest BCUT2D eigenvalue weighted by Crippen LogP contribution is 2.35. The summed E-state index contributed by atoms with van der Waals surface area (Å²) in [5.74, 6) is 0.670. The number of nitro groups is 1. The summed E-state index contributed by atoms with van der Waals surface area (Å²) in [4.78, 5) is 22.6. The van der Waals surface area contributed by atoms with Crippen LogP contribution < -0.4 is 20.1 Å². The summed E-state index contributed by atoms with van der Waals surface area (Å²) in [6, 6.07) is 7.03. The molecule has 2 aromatic carbocycles. The van der Waals surface area contributed by atoms with Gasteiger partial charge in [0.05, 0.1) is 30.2 Å². The van der Waals surface area contributed by atoms with Crippen LogP contribution in [0.2, 0.25) is 0 Å². The summed E-state index contributed by atoms with van der Waals surface area (Å²) in [5, 5.41) is 16.6. The van der Waals surface area contributed by atoms with Gasteiger partial charge in [0.15, 0.2) is 11.5 Å². The van der Waals surface area contributed by atoms with Crippen molar-refractivity contribution in [1.29, 1.82) is 0 Å². The standard InChI is InChI=1S/C22H26F3N3O6/c1-14(15-4-7-19(20(12-15)33-3)34-11-10-32-2)27-21(29)8-9-26-17-6-5-16(22(23,24)25)13-18(17)28(30)31/h4-7,12-14,26H,8-11H2,1-3H3,(H,27,29). The minimum atomic E-state index is -4.70. The molecule has 0 fully saturated rings. The van der Waals surface area contributed by atoms with Crippen LogP contribution in [-0.4, -0.2) is 44.8 Å². The molecule has 0 aromatic heterocycles. The molecule has 0 aliphatic heterocycles. The molecule has 34 heavy (non-hydrogen) atoms. The zero-order valence-electron chi connectivity index (χ0n) is 18.9. The van der Waals surface area contributed by atoms with Crippen molar-refractivity contribution in [2.24, 2.45) is 0 Å². The Kier molecular flexibility index (Phi) is 9.48. The Labute approximate surface area is 194 Å². The Hall–Kier alpha value is -3.54. The van der Waals surface area contributed by atoms with Gasteiger partial charge >= 0.3 is 6.18 Å². The van der Waals surface area contributed by atoms with Crippen LogP contribution >= 0.6 is 0 Å². The predicted molar refractivity (Wildman–Crippen MR) is 118 cm³/mol. The predicted octanol–water partition coefficient (Wildman–Crippen LogP) is 4.33. The average molecular weight is 485 g/mol. The number of nitro benzene ring substituents is 1. The highest BCUT2D eigenvalue weighted by atomic mass is 19.4. The van der Waals surface area contributed by atoms with E-state index in [9.17, 15) is 28.1 Å². The van der Waals surface area contributed by atoms with Crippen LogP contribution in [0.5, 0.6) is 11.5 Å². The monoisotopic (exact) mass is 485 g/mol. The Morgan fingerprint density at radius 2 is 1.85 bits per heavy atom. The maximum atomic E-state index is 12.8. The van der Waals surface area contributed by atoms with Gasteiger partial charge in [-0.2, -0.15) is 13.2 Å². The number of alkyl halides is 3. The molecule has 0 saturated carbocycles. The summed E-state index contributed by atoms with van der Waals surface area (Å²) < 4.78 is 54.3. The first kappa shape index (κ1) is 26.7. The van der Waals surface area contributed by atoms with Crippen molar-refractivity contribution in [3.8, 4) is 11.5 Å². The van der Waals surface area contributed by atoms with Gasteiger partial charge in [0.2, 0.25) is 5.91 Å². The van der Waals surface area contributed by atoms with Gasteiger partial charge in [-0.05, 0) is 36.8 Å². The molecule has 0 bridgehead atoms. The lowest BCUT2D eigenvalue weighted by molar-refractivity contribution is -0.384. The van der Waals surface area contributed by atoms with Crippen LogP contribution in [0.4, 0.5) is 24.5 Å². The smallest absolute Gasteiger partial charge is 0.416 e. The van der Waals surface area contributed by atoms with Crippen LogP contribution in [0.1, 0.15) is 30.5 Å². The first-order valence-electron chi connectivity index (χ1n) is 10.2. The number of carbonyl (C=O) groups excluding carboxylic acids is 1. The van der Waals surface area contributed by atoms with Crippen LogP contribution in [0, 0.1) is 10.1 Å². The van der Waals surface area contributed by atoms with Gasteiger partial charge in [-0.15, -0.1) is 0 Å². The minimum Gasteiger partial charge on any atom is -0.493 e. The second kappa shape index (κ2) is 12.1. The van der Waals surface area contributed by atoms with E-state index in [1.165, 1.54) is 7.11 Å². The molecule has 2 N–H and O–H groups in total. The Bertz CT molecular complexity index is 1000. The van der Waals surface area contributed by atoms with E-state index < -0.39 is 22.4 Å². The van der Waals surface area contributed by atoms with Crippen molar-refractivity contribution in [3.05, 3.63) is 57.6 Å². The number of amides is 1. The highest BCUT2D eigenvalue weighted by molar-refractivity contribution is 5.77. The van der Waals surface area contributed by atoms with E-state index in [0.717, 1.165) is 17.7 Å². The molecular formula is C22H26F3N3O6. The lowest BCUT2D eigenvalue weighted by Crippen LogP contribution is -2.28. The fourth-order valence-corrected chi connectivity index (χ4v) is 3.02. The molecule has 0 aliphatic rings. The molecule has 2 rings (SSSR count).